The molecule has 1 aromatic heterocycles. The second-order valence-corrected chi connectivity index (χ2v) is 5.69. The van der Waals surface area contributed by atoms with E-state index in [1.54, 1.807) is 11.3 Å². The van der Waals surface area contributed by atoms with Crippen LogP contribution in [-0.4, -0.2) is 24.3 Å². The molecule has 1 saturated heterocycles. The summed E-state index contributed by atoms with van der Waals surface area (Å²) in [7, 11) is 0. The molecule has 2 heterocycles. The maximum absolute atomic E-state index is 10.0. The van der Waals surface area contributed by atoms with Crippen molar-refractivity contribution in [3.05, 3.63) is 35.2 Å². The van der Waals surface area contributed by atoms with Gasteiger partial charge < -0.3 is 10.4 Å². The van der Waals surface area contributed by atoms with Crippen LogP contribution in [-0.2, 0) is 6.42 Å². The molecule has 2 N–H and O–H groups in total. The number of rotatable bonds is 2. The number of benzene rings is 1. The zero-order valence-corrected chi connectivity index (χ0v) is 10.5. The molecule has 2 atom stereocenters. The van der Waals surface area contributed by atoms with Crippen LogP contribution in [0.3, 0.4) is 0 Å². The second-order valence-electron chi connectivity index (χ2n) is 4.78. The van der Waals surface area contributed by atoms with Gasteiger partial charge in [0, 0.05) is 17.2 Å². The largest absolute Gasteiger partial charge is 0.393 e. The number of hydrogen-bond donors (Lipinski definition) is 2. The fraction of sp³-hybridized carbons (Fsp3) is 0.429. The first kappa shape index (κ1) is 11.2. The van der Waals surface area contributed by atoms with Crippen LogP contribution >= 0.6 is 11.3 Å². The molecule has 2 nitrogen and oxygen atoms in total. The van der Waals surface area contributed by atoms with Crippen molar-refractivity contribution in [2.75, 3.05) is 13.1 Å². The van der Waals surface area contributed by atoms with E-state index in [9.17, 15) is 5.11 Å². The van der Waals surface area contributed by atoms with Gasteiger partial charge in [0.05, 0.1) is 6.10 Å². The van der Waals surface area contributed by atoms with Crippen molar-refractivity contribution in [3.63, 3.8) is 0 Å². The number of aliphatic hydroxyl groups is 1. The molecule has 0 saturated carbocycles. The van der Waals surface area contributed by atoms with Crippen LogP contribution in [0.4, 0.5) is 0 Å². The van der Waals surface area contributed by atoms with Crippen LogP contribution in [0.1, 0.15) is 12.0 Å². The number of nitrogens with one attached hydrogen (secondary N) is 1. The zero-order chi connectivity index (χ0) is 11.7. The summed E-state index contributed by atoms with van der Waals surface area (Å²) in [5, 5.41) is 17.0. The van der Waals surface area contributed by atoms with Crippen molar-refractivity contribution >= 4 is 21.4 Å². The Morgan fingerprint density at radius 3 is 3.12 bits per heavy atom. The number of aliphatic hydroxyl groups excluding tert-OH is 1. The maximum Gasteiger partial charge on any atom is 0.0595 e. The molecule has 2 aromatic rings. The van der Waals surface area contributed by atoms with E-state index in [1.807, 2.05) is 0 Å². The predicted octanol–water partition coefficient (Wildman–Crippen LogP) is 2.41. The number of piperidine rings is 1. The highest BCUT2D eigenvalue weighted by molar-refractivity contribution is 7.17. The van der Waals surface area contributed by atoms with Gasteiger partial charge in [-0.15, -0.1) is 11.3 Å². The van der Waals surface area contributed by atoms with E-state index in [0.717, 1.165) is 25.9 Å². The van der Waals surface area contributed by atoms with E-state index >= 15 is 0 Å². The van der Waals surface area contributed by atoms with Gasteiger partial charge in [0.1, 0.15) is 0 Å². The SMILES string of the molecule is OC1CCNCC1Cc1csc2ccccc12. The molecule has 1 aromatic carbocycles. The Morgan fingerprint density at radius 2 is 2.24 bits per heavy atom. The summed E-state index contributed by atoms with van der Waals surface area (Å²) in [4.78, 5) is 0. The Morgan fingerprint density at radius 1 is 1.35 bits per heavy atom. The second kappa shape index (κ2) is 4.77. The highest BCUT2D eigenvalue weighted by atomic mass is 32.1. The molecule has 1 aliphatic rings. The summed E-state index contributed by atoms with van der Waals surface area (Å²) in [6.07, 6.45) is 1.72. The van der Waals surface area contributed by atoms with Gasteiger partial charge in [-0.1, -0.05) is 18.2 Å². The van der Waals surface area contributed by atoms with Crippen molar-refractivity contribution in [1.82, 2.24) is 5.32 Å². The van der Waals surface area contributed by atoms with Crippen molar-refractivity contribution in [1.29, 1.82) is 0 Å². The molecule has 1 aliphatic heterocycles. The Hall–Kier alpha value is -0.900. The molecular formula is C14H17NOS. The van der Waals surface area contributed by atoms with Crippen LogP contribution in [0.25, 0.3) is 10.1 Å². The van der Waals surface area contributed by atoms with Crippen molar-refractivity contribution in [2.45, 2.75) is 18.9 Å². The molecule has 3 heteroatoms. The molecule has 3 rings (SSSR count). The molecule has 0 aliphatic carbocycles. The van der Waals surface area contributed by atoms with E-state index in [4.69, 9.17) is 0 Å². The monoisotopic (exact) mass is 247 g/mol. The van der Waals surface area contributed by atoms with E-state index in [0.29, 0.717) is 5.92 Å². The third-order valence-electron chi connectivity index (χ3n) is 3.61. The fourth-order valence-corrected chi connectivity index (χ4v) is 3.57. The van der Waals surface area contributed by atoms with Gasteiger partial charge in [-0.25, -0.2) is 0 Å². The molecule has 0 radical (unpaired) electrons. The first-order chi connectivity index (χ1) is 8.34. The minimum absolute atomic E-state index is 0.144. The molecule has 0 bridgehead atoms. The first-order valence-electron chi connectivity index (χ1n) is 6.18. The fourth-order valence-electron chi connectivity index (χ4n) is 2.59. The smallest absolute Gasteiger partial charge is 0.0595 e. The average Bonchev–Trinajstić information content (AvgIpc) is 2.76. The Kier molecular flexibility index (Phi) is 3.14. The molecule has 1 fully saturated rings. The quantitative estimate of drug-likeness (QED) is 0.854. The third-order valence-corrected chi connectivity index (χ3v) is 4.62. The van der Waals surface area contributed by atoms with E-state index < -0.39 is 0 Å². The van der Waals surface area contributed by atoms with Crippen LogP contribution < -0.4 is 5.32 Å². The normalized spacial score (nSPS) is 25.2. The lowest BCUT2D eigenvalue weighted by atomic mass is 9.90. The Bertz CT molecular complexity index is 508. The molecule has 17 heavy (non-hydrogen) atoms. The first-order valence-corrected chi connectivity index (χ1v) is 7.06. The van der Waals surface area contributed by atoms with Gasteiger partial charge >= 0.3 is 0 Å². The van der Waals surface area contributed by atoms with Gasteiger partial charge in [0.2, 0.25) is 0 Å². The molecular weight excluding hydrogens is 230 g/mol. The molecule has 2 unspecified atom stereocenters. The van der Waals surface area contributed by atoms with Crippen molar-refractivity contribution < 1.29 is 5.11 Å². The third kappa shape index (κ3) is 2.23. The summed E-state index contributed by atoms with van der Waals surface area (Å²) in [6.45, 7) is 1.88. The van der Waals surface area contributed by atoms with E-state index in [-0.39, 0.29) is 6.10 Å². The van der Waals surface area contributed by atoms with E-state index in [2.05, 4.69) is 35.0 Å². The summed E-state index contributed by atoms with van der Waals surface area (Å²) < 4.78 is 1.35. The van der Waals surface area contributed by atoms with Crippen LogP contribution in [0.15, 0.2) is 29.6 Å². The molecule has 90 valence electrons. The minimum Gasteiger partial charge on any atom is -0.393 e. The van der Waals surface area contributed by atoms with Gasteiger partial charge in [0.15, 0.2) is 0 Å². The number of thiophene rings is 1. The number of fused-ring (bicyclic) bond motifs is 1. The van der Waals surface area contributed by atoms with Crippen LogP contribution in [0, 0.1) is 5.92 Å². The lowest BCUT2D eigenvalue weighted by Gasteiger charge is -2.28. The highest BCUT2D eigenvalue weighted by Crippen LogP contribution is 2.29. The van der Waals surface area contributed by atoms with Gasteiger partial charge in [0.25, 0.3) is 0 Å². The summed E-state index contributed by atoms with van der Waals surface area (Å²) in [5.74, 6) is 0.363. The van der Waals surface area contributed by atoms with Crippen LogP contribution in [0.5, 0.6) is 0 Å². The summed E-state index contributed by atoms with van der Waals surface area (Å²) in [6, 6.07) is 8.52. The van der Waals surface area contributed by atoms with E-state index in [1.165, 1.54) is 15.6 Å². The molecule has 0 amide bonds. The number of hydrogen-bond acceptors (Lipinski definition) is 3. The van der Waals surface area contributed by atoms with Crippen molar-refractivity contribution in [2.24, 2.45) is 5.92 Å². The lowest BCUT2D eigenvalue weighted by molar-refractivity contribution is 0.0793. The van der Waals surface area contributed by atoms with Crippen LogP contribution in [0.2, 0.25) is 0 Å². The Labute approximate surface area is 105 Å². The summed E-state index contributed by atoms with van der Waals surface area (Å²) in [5.41, 5.74) is 1.39. The van der Waals surface area contributed by atoms with Crippen molar-refractivity contribution in [3.8, 4) is 0 Å². The predicted molar refractivity (Wildman–Crippen MR) is 72.5 cm³/mol. The Balaban J connectivity index is 1.84. The average molecular weight is 247 g/mol. The minimum atomic E-state index is -0.144. The maximum atomic E-state index is 10.0. The molecule has 0 spiro atoms. The standard InChI is InChI=1S/C14H17NOS/c16-13-5-6-15-8-10(13)7-11-9-17-14-4-2-1-3-12(11)14/h1-4,9-10,13,15-16H,5-8H2. The lowest BCUT2D eigenvalue weighted by Crippen LogP contribution is -2.40. The summed E-state index contributed by atoms with van der Waals surface area (Å²) >= 11 is 1.80. The van der Waals surface area contributed by atoms with Gasteiger partial charge in [-0.05, 0) is 41.8 Å². The van der Waals surface area contributed by atoms with Gasteiger partial charge in [-0.3, -0.25) is 0 Å². The topological polar surface area (TPSA) is 32.3 Å². The zero-order valence-electron chi connectivity index (χ0n) is 9.73. The highest BCUT2D eigenvalue weighted by Gasteiger charge is 2.23. The van der Waals surface area contributed by atoms with Gasteiger partial charge in [-0.2, -0.15) is 0 Å².